The minimum atomic E-state index is -0.910. The zero-order valence-corrected chi connectivity index (χ0v) is 17.3. The molecule has 0 aliphatic carbocycles. The second-order valence-corrected chi connectivity index (χ2v) is 7.31. The first-order chi connectivity index (χ1) is 13.0. The number of anilines is 1. The third kappa shape index (κ3) is 4.45. The monoisotopic (exact) mass is 463 g/mol. The number of nitrogens with zero attached hydrogens (tertiary/aromatic N) is 3. The maximum Gasteiger partial charge on any atom is 0.293 e. The van der Waals surface area contributed by atoms with Crippen LogP contribution in [-0.4, -0.2) is 40.0 Å². The van der Waals surface area contributed by atoms with Gasteiger partial charge in [0.1, 0.15) is 11.4 Å². The molecular formula is C17H17Cl2F2N5O2S. The fourth-order valence-corrected chi connectivity index (χ4v) is 4.22. The topological polar surface area (TPSA) is 102 Å². The standard InChI is InChI=1S/C17H15F2N5O2S.2ClH/c18-10-4-21-14(22-5-10)15(25)23-11-1-2-13(19)12(3-11)17-8-26-6-9(17)7-27-16(20)24-17;;/h1-5,9H,6-8H2,(H2,20,24)(H,23,25);2*1H/t9-,17-;;/m0../s1. The normalized spacial score (nSPS) is 22.6. The van der Waals surface area contributed by atoms with Crippen molar-refractivity contribution in [2.24, 2.45) is 16.6 Å². The van der Waals surface area contributed by atoms with Crippen LogP contribution in [0.15, 0.2) is 35.6 Å². The van der Waals surface area contributed by atoms with Crippen molar-refractivity contribution in [3.8, 4) is 0 Å². The summed E-state index contributed by atoms with van der Waals surface area (Å²) in [7, 11) is 0. The number of nitrogens with two attached hydrogens (primary N) is 1. The van der Waals surface area contributed by atoms with Crippen LogP contribution in [0.2, 0.25) is 0 Å². The second-order valence-electron chi connectivity index (χ2n) is 6.27. The van der Waals surface area contributed by atoms with Gasteiger partial charge in [0.25, 0.3) is 5.91 Å². The van der Waals surface area contributed by atoms with E-state index in [4.69, 9.17) is 10.5 Å². The summed E-state index contributed by atoms with van der Waals surface area (Å²) in [4.78, 5) is 24.0. The lowest BCUT2D eigenvalue weighted by Gasteiger charge is -2.34. The largest absolute Gasteiger partial charge is 0.379 e. The summed E-state index contributed by atoms with van der Waals surface area (Å²) in [5.74, 6) is -1.27. The first-order valence-electron chi connectivity index (χ1n) is 8.13. The lowest BCUT2D eigenvalue weighted by molar-refractivity contribution is 0.101. The fraction of sp³-hybridized carbons (Fsp3) is 0.294. The van der Waals surface area contributed by atoms with Crippen molar-refractivity contribution in [1.29, 1.82) is 0 Å². The number of aromatic nitrogens is 2. The Bertz CT molecular complexity index is 935. The van der Waals surface area contributed by atoms with E-state index in [9.17, 15) is 13.6 Å². The molecule has 1 fully saturated rings. The highest BCUT2D eigenvalue weighted by Gasteiger charge is 2.49. The number of carbonyl (C=O) groups is 1. The number of carbonyl (C=O) groups excluding carboxylic acids is 1. The lowest BCUT2D eigenvalue weighted by atomic mass is 9.81. The van der Waals surface area contributed by atoms with E-state index in [1.54, 1.807) is 0 Å². The Labute approximate surface area is 181 Å². The van der Waals surface area contributed by atoms with Crippen molar-refractivity contribution >= 4 is 53.3 Å². The molecular weight excluding hydrogens is 447 g/mol. The van der Waals surface area contributed by atoms with Gasteiger partial charge in [-0.05, 0) is 18.2 Å². The maximum atomic E-state index is 14.7. The molecule has 0 spiro atoms. The van der Waals surface area contributed by atoms with Crippen LogP contribution in [0.5, 0.6) is 0 Å². The number of thioether (sulfide) groups is 1. The summed E-state index contributed by atoms with van der Waals surface area (Å²) in [5.41, 5.74) is 5.63. The van der Waals surface area contributed by atoms with Gasteiger partial charge < -0.3 is 15.8 Å². The molecule has 0 radical (unpaired) electrons. The van der Waals surface area contributed by atoms with Crippen LogP contribution in [0, 0.1) is 17.6 Å². The van der Waals surface area contributed by atoms with Gasteiger partial charge in [-0.25, -0.2) is 23.7 Å². The van der Waals surface area contributed by atoms with E-state index in [-0.39, 0.29) is 43.2 Å². The Hall–Kier alpha value is -2.01. The molecule has 7 nitrogen and oxygen atoms in total. The van der Waals surface area contributed by atoms with Crippen LogP contribution in [0.1, 0.15) is 16.2 Å². The highest BCUT2D eigenvalue weighted by Crippen LogP contribution is 2.45. The second kappa shape index (κ2) is 9.21. The lowest BCUT2D eigenvalue weighted by Crippen LogP contribution is -2.40. The van der Waals surface area contributed by atoms with Gasteiger partial charge in [0, 0.05) is 22.9 Å². The van der Waals surface area contributed by atoms with Crippen molar-refractivity contribution in [2.45, 2.75) is 5.54 Å². The van der Waals surface area contributed by atoms with Gasteiger partial charge >= 0.3 is 0 Å². The van der Waals surface area contributed by atoms with E-state index < -0.39 is 23.1 Å². The summed E-state index contributed by atoms with van der Waals surface area (Å²) in [5, 5.41) is 2.97. The molecule has 1 aromatic carbocycles. The zero-order valence-electron chi connectivity index (χ0n) is 14.8. The van der Waals surface area contributed by atoms with E-state index in [1.165, 1.54) is 30.0 Å². The van der Waals surface area contributed by atoms with Crippen LogP contribution in [0.4, 0.5) is 14.5 Å². The molecule has 156 valence electrons. The molecule has 2 aliphatic rings. The van der Waals surface area contributed by atoms with Gasteiger partial charge in [0.2, 0.25) is 5.82 Å². The predicted molar refractivity (Wildman–Crippen MR) is 111 cm³/mol. The molecule has 1 aromatic heterocycles. The number of amides is 1. The number of hydrogen-bond acceptors (Lipinski definition) is 7. The van der Waals surface area contributed by atoms with Gasteiger partial charge in [0.15, 0.2) is 11.0 Å². The van der Waals surface area contributed by atoms with Gasteiger partial charge in [-0.1, -0.05) is 11.8 Å². The van der Waals surface area contributed by atoms with E-state index in [0.717, 1.165) is 12.4 Å². The zero-order chi connectivity index (χ0) is 19.0. The minimum Gasteiger partial charge on any atom is -0.379 e. The molecule has 1 amide bonds. The van der Waals surface area contributed by atoms with Crippen molar-refractivity contribution in [1.82, 2.24) is 9.97 Å². The third-order valence-corrected chi connectivity index (χ3v) is 5.53. The Morgan fingerprint density at radius 1 is 1.28 bits per heavy atom. The van der Waals surface area contributed by atoms with E-state index in [1.807, 2.05) is 0 Å². The third-order valence-electron chi connectivity index (χ3n) is 4.57. The minimum absolute atomic E-state index is 0. The fourth-order valence-electron chi connectivity index (χ4n) is 3.25. The number of halogens is 4. The molecule has 12 heteroatoms. The molecule has 0 unspecified atom stereocenters. The summed E-state index contributed by atoms with van der Waals surface area (Å²) in [6, 6.07) is 4.20. The average molecular weight is 464 g/mol. The van der Waals surface area contributed by atoms with E-state index >= 15 is 0 Å². The first-order valence-corrected chi connectivity index (χ1v) is 9.11. The number of hydrogen-bond donors (Lipinski definition) is 2. The van der Waals surface area contributed by atoms with Gasteiger partial charge in [-0.2, -0.15) is 0 Å². The van der Waals surface area contributed by atoms with Gasteiger partial charge in [0.05, 0.1) is 25.6 Å². The van der Waals surface area contributed by atoms with Crippen LogP contribution >= 0.6 is 36.6 Å². The molecule has 2 aromatic rings. The number of amidine groups is 1. The van der Waals surface area contributed by atoms with Crippen LogP contribution in [0.25, 0.3) is 0 Å². The molecule has 0 bridgehead atoms. The Morgan fingerprint density at radius 3 is 2.72 bits per heavy atom. The van der Waals surface area contributed by atoms with Crippen LogP contribution in [0.3, 0.4) is 0 Å². The first kappa shape index (κ1) is 23.3. The highest BCUT2D eigenvalue weighted by atomic mass is 35.5. The van der Waals surface area contributed by atoms with E-state index in [0.29, 0.717) is 28.8 Å². The molecule has 2 aliphatic heterocycles. The molecule has 0 saturated carbocycles. The number of nitrogens with one attached hydrogen (secondary N) is 1. The quantitative estimate of drug-likeness (QED) is 0.725. The number of aliphatic imine (C=N–C) groups is 1. The Kier molecular flexibility index (Phi) is 7.39. The van der Waals surface area contributed by atoms with Crippen molar-refractivity contribution in [3.05, 3.63) is 53.6 Å². The van der Waals surface area contributed by atoms with Crippen molar-refractivity contribution in [3.63, 3.8) is 0 Å². The van der Waals surface area contributed by atoms with E-state index in [2.05, 4.69) is 20.3 Å². The number of fused-ring (bicyclic) bond motifs is 1. The smallest absolute Gasteiger partial charge is 0.293 e. The predicted octanol–water partition coefficient (Wildman–Crippen LogP) is 2.75. The number of benzene rings is 1. The number of ether oxygens (including phenoxy) is 1. The summed E-state index contributed by atoms with van der Waals surface area (Å²) >= 11 is 1.42. The van der Waals surface area contributed by atoms with Crippen molar-refractivity contribution in [2.75, 3.05) is 24.3 Å². The number of rotatable bonds is 3. The molecule has 29 heavy (non-hydrogen) atoms. The molecule has 3 heterocycles. The molecule has 1 saturated heterocycles. The van der Waals surface area contributed by atoms with Crippen LogP contribution in [-0.2, 0) is 10.3 Å². The average Bonchev–Trinajstić information content (AvgIpc) is 3.07. The Balaban J connectivity index is 0.00000150. The molecule has 4 rings (SSSR count). The van der Waals surface area contributed by atoms with Gasteiger partial charge in [-0.15, -0.1) is 24.8 Å². The van der Waals surface area contributed by atoms with Gasteiger partial charge in [-0.3, -0.25) is 4.79 Å². The Morgan fingerprint density at radius 2 is 2.00 bits per heavy atom. The highest BCUT2D eigenvalue weighted by molar-refractivity contribution is 8.13. The summed E-state index contributed by atoms with van der Waals surface area (Å²) in [6.07, 6.45) is 1.79. The summed E-state index contributed by atoms with van der Waals surface area (Å²) < 4.78 is 33.1. The summed E-state index contributed by atoms with van der Waals surface area (Å²) in [6.45, 7) is 0.678. The van der Waals surface area contributed by atoms with Crippen molar-refractivity contribution < 1.29 is 18.3 Å². The SMILES string of the molecule is Cl.Cl.NC1=N[C@@]2(c3cc(NC(=O)c4ncc(F)cn4)ccc3F)COC[C@H]2CS1. The molecule has 2 atom stereocenters. The maximum absolute atomic E-state index is 14.7. The molecule has 3 N–H and O–H groups in total. The van der Waals surface area contributed by atoms with Crippen LogP contribution < -0.4 is 11.1 Å².